The van der Waals surface area contributed by atoms with Gasteiger partial charge >= 0.3 is 6.03 Å². The van der Waals surface area contributed by atoms with Gasteiger partial charge in [0.1, 0.15) is 11.6 Å². The first-order valence-electron chi connectivity index (χ1n) is 9.33. The molecule has 0 unspecified atom stereocenters. The molecule has 2 amide bonds. The lowest BCUT2D eigenvalue weighted by atomic mass is 9.92. The topological polar surface area (TPSA) is 68.2 Å². The molecule has 0 bridgehead atoms. The van der Waals surface area contributed by atoms with Crippen molar-refractivity contribution in [1.82, 2.24) is 9.78 Å². The molecular weight excluding hydrogens is 352 g/mol. The molecule has 0 aliphatic carbocycles. The van der Waals surface area contributed by atoms with Crippen LogP contribution in [0.5, 0.6) is 5.75 Å². The summed E-state index contributed by atoms with van der Waals surface area (Å²) in [5.74, 6) is 1.38. The number of ether oxygens (including phenoxy) is 1. The molecule has 1 heterocycles. The highest BCUT2D eigenvalue weighted by Gasteiger charge is 2.21. The molecule has 0 aliphatic rings. The summed E-state index contributed by atoms with van der Waals surface area (Å²) in [5, 5.41) is 10.5. The molecule has 0 radical (unpaired) electrons. The van der Waals surface area contributed by atoms with Gasteiger partial charge in [-0.2, -0.15) is 5.10 Å². The fraction of sp³-hybridized carbons (Fsp3) is 0.273. The van der Waals surface area contributed by atoms with Crippen molar-refractivity contribution in [1.29, 1.82) is 0 Å². The van der Waals surface area contributed by atoms with Gasteiger partial charge in [0.25, 0.3) is 0 Å². The third-order valence-electron chi connectivity index (χ3n) is 4.14. The fourth-order valence-corrected chi connectivity index (χ4v) is 2.68. The number of aromatic nitrogens is 2. The van der Waals surface area contributed by atoms with Crippen LogP contribution in [-0.2, 0) is 5.41 Å². The highest BCUT2D eigenvalue weighted by Crippen LogP contribution is 2.26. The minimum absolute atomic E-state index is 0.137. The van der Waals surface area contributed by atoms with E-state index < -0.39 is 0 Å². The van der Waals surface area contributed by atoms with E-state index in [0.29, 0.717) is 18.1 Å². The minimum Gasteiger partial charge on any atom is -0.494 e. The Hall–Kier alpha value is -3.28. The zero-order valence-corrected chi connectivity index (χ0v) is 16.7. The van der Waals surface area contributed by atoms with Gasteiger partial charge in [0, 0.05) is 17.2 Å². The third-order valence-corrected chi connectivity index (χ3v) is 4.14. The van der Waals surface area contributed by atoms with Gasteiger partial charge in [-0.05, 0) is 43.3 Å². The number of rotatable bonds is 5. The average Bonchev–Trinajstić information content (AvgIpc) is 3.08. The van der Waals surface area contributed by atoms with Gasteiger partial charge in [0.15, 0.2) is 0 Å². The van der Waals surface area contributed by atoms with Gasteiger partial charge in [0.05, 0.1) is 18.0 Å². The molecule has 2 aromatic carbocycles. The van der Waals surface area contributed by atoms with Crippen LogP contribution in [0.3, 0.4) is 0 Å². The Morgan fingerprint density at radius 3 is 2.32 bits per heavy atom. The van der Waals surface area contributed by atoms with Crippen LogP contribution in [0.1, 0.15) is 33.4 Å². The second-order valence-electron chi connectivity index (χ2n) is 7.45. The number of benzene rings is 2. The molecule has 0 fully saturated rings. The third kappa shape index (κ3) is 4.71. The van der Waals surface area contributed by atoms with Crippen molar-refractivity contribution in [3.63, 3.8) is 0 Å². The maximum absolute atomic E-state index is 12.5. The Labute approximate surface area is 165 Å². The summed E-state index contributed by atoms with van der Waals surface area (Å²) >= 11 is 0. The standard InChI is InChI=1S/C22H26N4O2/c1-5-28-18-13-11-16(12-14-18)23-21(27)24-20-15-19(22(2,3)4)25-26(20)17-9-7-6-8-10-17/h6-15H,5H2,1-4H3,(H2,23,24,27). The van der Waals surface area contributed by atoms with Gasteiger partial charge in [-0.3, -0.25) is 5.32 Å². The molecule has 0 saturated heterocycles. The van der Waals surface area contributed by atoms with E-state index in [4.69, 9.17) is 9.84 Å². The number of amides is 2. The lowest BCUT2D eigenvalue weighted by Crippen LogP contribution is -2.21. The van der Waals surface area contributed by atoms with Gasteiger partial charge in [-0.25, -0.2) is 9.48 Å². The molecule has 0 saturated carbocycles. The second-order valence-corrected chi connectivity index (χ2v) is 7.45. The van der Waals surface area contributed by atoms with Crippen molar-refractivity contribution < 1.29 is 9.53 Å². The van der Waals surface area contributed by atoms with E-state index in [-0.39, 0.29) is 11.4 Å². The SMILES string of the molecule is CCOc1ccc(NC(=O)Nc2cc(C(C)(C)C)nn2-c2ccccc2)cc1. The molecule has 6 nitrogen and oxygen atoms in total. The van der Waals surface area contributed by atoms with Gasteiger partial charge < -0.3 is 10.1 Å². The molecule has 3 rings (SSSR count). The molecule has 3 aromatic rings. The number of nitrogens with one attached hydrogen (secondary N) is 2. The zero-order valence-electron chi connectivity index (χ0n) is 16.7. The van der Waals surface area contributed by atoms with E-state index in [9.17, 15) is 4.79 Å². The quantitative estimate of drug-likeness (QED) is 0.640. The molecule has 6 heteroatoms. The molecule has 28 heavy (non-hydrogen) atoms. The summed E-state index contributed by atoms with van der Waals surface area (Å²) in [6, 6.07) is 18.6. The first-order chi connectivity index (χ1) is 13.4. The van der Waals surface area contributed by atoms with Crippen LogP contribution in [0, 0.1) is 0 Å². The van der Waals surface area contributed by atoms with E-state index in [1.165, 1.54) is 0 Å². The lowest BCUT2D eigenvalue weighted by molar-refractivity contribution is 0.262. The molecule has 1 aromatic heterocycles. The molecule has 146 valence electrons. The van der Waals surface area contributed by atoms with Gasteiger partial charge in [-0.1, -0.05) is 39.0 Å². The number of anilines is 2. The minimum atomic E-state index is -0.332. The monoisotopic (exact) mass is 378 g/mol. The summed E-state index contributed by atoms with van der Waals surface area (Å²) in [4.78, 5) is 12.5. The molecule has 2 N–H and O–H groups in total. The average molecular weight is 378 g/mol. The summed E-state index contributed by atoms with van der Waals surface area (Å²) in [5.41, 5.74) is 2.33. The predicted molar refractivity (Wildman–Crippen MR) is 113 cm³/mol. The first-order valence-corrected chi connectivity index (χ1v) is 9.33. The smallest absolute Gasteiger partial charge is 0.324 e. The first kappa shape index (κ1) is 19.5. The van der Waals surface area contributed by atoms with Crippen LogP contribution >= 0.6 is 0 Å². The van der Waals surface area contributed by atoms with Crippen LogP contribution in [0.2, 0.25) is 0 Å². The number of nitrogens with zero attached hydrogens (tertiary/aromatic N) is 2. The normalized spacial score (nSPS) is 11.1. The van der Waals surface area contributed by atoms with E-state index in [1.807, 2.05) is 55.5 Å². The molecular formula is C22H26N4O2. The van der Waals surface area contributed by atoms with Crippen LogP contribution in [0.25, 0.3) is 5.69 Å². The van der Waals surface area contributed by atoms with Crippen molar-refractivity contribution in [3.05, 3.63) is 66.4 Å². The summed E-state index contributed by atoms with van der Waals surface area (Å²) in [6.07, 6.45) is 0. The number of hydrogen-bond acceptors (Lipinski definition) is 3. The highest BCUT2D eigenvalue weighted by molar-refractivity contribution is 5.99. The van der Waals surface area contributed by atoms with Gasteiger partial charge in [0.2, 0.25) is 0 Å². The summed E-state index contributed by atoms with van der Waals surface area (Å²) in [6.45, 7) is 8.81. The highest BCUT2D eigenvalue weighted by atomic mass is 16.5. The van der Waals surface area contributed by atoms with Crippen LogP contribution in [0.4, 0.5) is 16.3 Å². The van der Waals surface area contributed by atoms with Crippen LogP contribution in [0.15, 0.2) is 60.7 Å². The predicted octanol–water partition coefficient (Wildman–Crippen LogP) is 5.21. The van der Waals surface area contributed by atoms with E-state index >= 15 is 0 Å². The Kier molecular flexibility index (Phi) is 5.68. The maximum atomic E-state index is 12.5. The van der Waals surface area contributed by atoms with Crippen molar-refractivity contribution in [2.75, 3.05) is 17.2 Å². The Morgan fingerprint density at radius 2 is 1.71 bits per heavy atom. The van der Waals surface area contributed by atoms with Crippen molar-refractivity contribution in [2.24, 2.45) is 0 Å². The maximum Gasteiger partial charge on any atom is 0.324 e. The second kappa shape index (κ2) is 8.17. The van der Waals surface area contributed by atoms with Crippen molar-refractivity contribution in [3.8, 4) is 11.4 Å². The van der Waals surface area contributed by atoms with E-state index in [2.05, 4.69) is 31.4 Å². The van der Waals surface area contributed by atoms with Crippen molar-refractivity contribution in [2.45, 2.75) is 33.1 Å². The molecule has 0 spiro atoms. The van der Waals surface area contributed by atoms with E-state index in [1.54, 1.807) is 16.8 Å². The number of carbonyl (C=O) groups excluding carboxylic acids is 1. The Bertz CT molecular complexity index is 925. The lowest BCUT2D eigenvalue weighted by Gasteiger charge is -2.14. The van der Waals surface area contributed by atoms with Crippen LogP contribution in [-0.4, -0.2) is 22.4 Å². The molecule has 0 atom stereocenters. The van der Waals surface area contributed by atoms with E-state index in [0.717, 1.165) is 17.1 Å². The Morgan fingerprint density at radius 1 is 1.04 bits per heavy atom. The number of urea groups is 1. The fourth-order valence-electron chi connectivity index (χ4n) is 2.68. The number of carbonyl (C=O) groups is 1. The largest absolute Gasteiger partial charge is 0.494 e. The summed E-state index contributed by atoms with van der Waals surface area (Å²) < 4.78 is 7.17. The zero-order chi connectivity index (χ0) is 20.1. The van der Waals surface area contributed by atoms with Gasteiger partial charge in [-0.15, -0.1) is 0 Å². The summed E-state index contributed by atoms with van der Waals surface area (Å²) in [7, 11) is 0. The molecule has 0 aliphatic heterocycles. The number of para-hydroxylation sites is 1. The van der Waals surface area contributed by atoms with Crippen LogP contribution < -0.4 is 15.4 Å². The number of hydrogen-bond donors (Lipinski definition) is 2. The van der Waals surface area contributed by atoms with Crippen molar-refractivity contribution >= 4 is 17.5 Å². The Balaban J connectivity index is 1.80.